The highest BCUT2D eigenvalue weighted by Gasteiger charge is 2.39. The van der Waals surface area contributed by atoms with Gasteiger partial charge < -0.3 is 4.90 Å². The third-order valence-electron chi connectivity index (χ3n) is 7.41. The van der Waals surface area contributed by atoms with Crippen LogP contribution in [0, 0.1) is 18.6 Å². The van der Waals surface area contributed by atoms with E-state index in [2.05, 4.69) is 0 Å². The smallest absolute Gasteiger partial charge is 0.242 e. The number of likely N-dealkylation sites (tertiary alicyclic amines) is 1. The van der Waals surface area contributed by atoms with Gasteiger partial charge in [0.05, 0.1) is 22.4 Å². The predicted molar refractivity (Wildman–Crippen MR) is 153 cm³/mol. The molecule has 0 spiro atoms. The maximum atomic E-state index is 15.3. The molecule has 9 heteroatoms. The van der Waals surface area contributed by atoms with Crippen molar-refractivity contribution in [2.45, 2.75) is 25.0 Å². The van der Waals surface area contributed by atoms with Crippen molar-refractivity contribution in [1.29, 1.82) is 0 Å². The minimum atomic E-state index is -0.695. The second kappa shape index (κ2) is 10.9. The van der Waals surface area contributed by atoms with Crippen LogP contribution in [0.3, 0.4) is 0 Å². The van der Waals surface area contributed by atoms with Crippen LogP contribution in [0.2, 0.25) is 0 Å². The summed E-state index contributed by atoms with van der Waals surface area (Å²) in [6.45, 7) is 3.17. The first-order valence-corrected chi connectivity index (χ1v) is 14.4. The number of amides is 2. The minimum Gasteiger partial charge on any atom is -0.341 e. The molecule has 1 fully saturated rings. The van der Waals surface area contributed by atoms with Crippen molar-refractivity contribution in [3.05, 3.63) is 101 Å². The highest BCUT2D eigenvalue weighted by molar-refractivity contribution is 8.00. The Labute approximate surface area is 235 Å². The third-order valence-corrected chi connectivity index (χ3v) is 8.65. The molecule has 1 aromatic heterocycles. The van der Waals surface area contributed by atoms with Crippen LogP contribution in [-0.2, 0) is 9.59 Å². The fourth-order valence-electron chi connectivity index (χ4n) is 5.36. The lowest BCUT2D eigenvalue weighted by atomic mass is 9.99. The van der Waals surface area contributed by atoms with Gasteiger partial charge in [-0.1, -0.05) is 54.1 Å². The van der Waals surface area contributed by atoms with Crippen molar-refractivity contribution in [3.63, 3.8) is 0 Å². The predicted octanol–water partition coefficient (Wildman–Crippen LogP) is 5.92. The number of benzene rings is 3. The van der Waals surface area contributed by atoms with Crippen LogP contribution in [0.1, 0.15) is 34.8 Å². The summed E-state index contributed by atoms with van der Waals surface area (Å²) in [5.74, 6) is -1.32. The lowest BCUT2D eigenvalue weighted by Crippen LogP contribution is -2.43. The van der Waals surface area contributed by atoms with E-state index in [1.54, 1.807) is 9.58 Å². The van der Waals surface area contributed by atoms with Gasteiger partial charge in [0.1, 0.15) is 24.0 Å². The minimum absolute atomic E-state index is 0.0194. The fourth-order valence-corrected chi connectivity index (χ4v) is 6.58. The maximum absolute atomic E-state index is 15.3. The van der Waals surface area contributed by atoms with Gasteiger partial charge in [-0.05, 0) is 38.0 Å². The van der Waals surface area contributed by atoms with Crippen LogP contribution >= 0.6 is 11.8 Å². The van der Waals surface area contributed by atoms with E-state index >= 15 is 4.39 Å². The number of rotatable bonds is 5. The monoisotopic (exact) mass is 558 g/mol. The molecule has 2 aliphatic heterocycles. The summed E-state index contributed by atoms with van der Waals surface area (Å²) < 4.78 is 31.0. The molecular formula is C31H28F2N4O2S. The Kier molecular flexibility index (Phi) is 7.14. The summed E-state index contributed by atoms with van der Waals surface area (Å²) in [6, 6.07) is 20.8. The number of nitrogens with zero attached hydrogens (tertiary/aromatic N) is 4. The van der Waals surface area contributed by atoms with Crippen molar-refractivity contribution in [3.8, 4) is 16.9 Å². The topological polar surface area (TPSA) is 58.4 Å². The lowest BCUT2D eigenvalue weighted by molar-refractivity contribution is -0.130. The Hall–Kier alpha value is -3.98. The Morgan fingerprint density at radius 2 is 1.73 bits per heavy atom. The molecule has 3 heterocycles. The first kappa shape index (κ1) is 26.3. The first-order chi connectivity index (χ1) is 19.4. The SMILES string of the molecule is Cc1ccc(-n2nc(-c3ccccc3)c3c2N(CC(=O)N2CCCC2)C(=O)CS[C@H]3c2ccc(F)cc2F)cc1. The number of carbonyl (C=O) groups is 2. The molecule has 6 nitrogen and oxygen atoms in total. The normalized spacial score (nSPS) is 17.2. The molecule has 40 heavy (non-hydrogen) atoms. The Balaban J connectivity index is 1.61. The van der Waals surface area contributed by atoms with E-state index in [0.29, 0.717) is 35.9 Å². The molecule has 0 bridgehead atoms. The van der Waals surface area contributed by atoms with E-state index in [9.17, 15) is 14.0 Å². The molecule has 2 amide bonds. The molecule has 2 aliphatic rings. The Bertz CT molecular complexity index is 1570. The van der Waals surface area contributed by atoms with Crippen LogP contribution in [-0.4, -0.2) is 51.9 Å². The summed E-state index contributed by atoms with van der Waals surface area (Å²) in [6.07, 6.45) is 1.87. The molecule has 0 aliphatic carbocycles. The van der Waals surface area contributed by atoms with Gasteiger partial charge in [-0.3, -0.25) is 14.5 Å². The van der Waals surface area contributed by atoms with Gasteiger partial charge in [-0.25, -0.2) is 13.5 Å². The van der Waals surface area contributed by atoms with Crippen LogP contribution in [0.25, 0.3) is 16.9 Å². The Morgan fingerprint density at radius 3 is 2.42 bits per heavy atom. The van der Waals surface area contributed by atoms with Crippen molar-refractivity contribution in [2.75, 3.05) is 30.3 Å². The number of halogens is 2. The lowest BCUT2D eigenvalue weighted by Gasteiger charge is -2.25. The molecular weight excluding hydrogens is 530 g/mol. The van der Waals surface area contributed by atoms with E-state index in [4.69, 9.17) is 5.10 Å². The molecule has 0 radical (unpaired) electrons. The number of carbonyl (C=O) groups excluding carboxylic acids is 2. The van der Waals surface area contributed by atoms with E-state index in [1.807, 2.05) is 61.5 Å². The number of thioether (sulfide) groups is 1. The number of hydrogen-bond acceptors (Lipinski definition) is 4. The quantitative estimate of drug-likeness (QED) is 0.305. The van der Waals surface area contributed by atoms with E-state index in [0.717, 1.165) is 30.0 Å². The number of fused-ring (bicyclic) bond motifs is 1. The largest absolute Gasteiger partial charge is 0.341 e. The van der Waals surface area contributed by atoms with Crippen molar-refractivity contribution in [1.82, 2.24) is 14.7 Å². The highest BCUT2D eigenvalue weighted by Crippen LogP contribution is 2.49. The van der Waals surface area contributed by atoms with Crippen molar-refractivity contribution < 1.29 is 18.4 Å². The molecule has 4 aromatic rings. The molecule has 3 aromatic carbocycles. The van der Waals surface area contributed by atoms with Gasteiger partial charge >= 0.3 is 0 Å². The van der Waals surface area contributed by atoms with Crippen LogP contribution in [0.5, 0.6) is 0 Å². The van der Waals surface area contributed by atoms with Gasteiger partial charge in [-0.15, -0.1) is 11.8 Å². The second-order valence-electron chi connectivity index (χ2n) is 10.1. The van der Waals surface area contributed by atoms with Crippen molar-refractivity contribution in [2.24, 2.45) is 0 Å². The van der Waals surface area contributed by atoms with Gasteiger partial charge in [0, 0.05) is 35.8 Å². The standard InChI is InChI=1S/C31H28F2N4O2S/c1-20-9-12-23(13-10-20)37-31-28(29(34-37)21-7-3-2-4-8-21)30(24-14-11-22(32)17-25(24)33)40-19-27(39)36(31)18-26(38)35-15-5-6-16-35/h2-4,7-14,17,30H,5-6,15-16,18-19H2,1H3/t30-/m0/s1. The molecule has 6 rings (SSSR count). The summed E-state index contributed by atoms with van der Waals surface area (Å²) in [5, 5.41) is 4.34. The van der Waals surface area contributed by atoms with Crippen LogP contribution in [0.4, 0.5) is 14.6 Å². The van der Waals surface area contributed by atoms with E-state index in [-0.39, 0.29) is 29.7 Å². The molecule has 1 atom stereocenters. The third kappa shape index (κ3) is 4.90. The maximum Gasteiger partial charge on any atom is 0.242 e. The average molecular weight is 559 g/mol. The van der Waals surface area contributed by atoms with Gasteiger partial charge in [0.15, 0.2) is 0 Å². The average Bonchev–Trinajstić information content (AvgIpc) is 3.60. The van der Waals surface area contributed by atoms with Gasteiger partial charge in [0.25, 0.3) is 0 Å². The summed E-state index contributed by atoms with van der Waals surface area (Å²) in [7, 11) is 0. The van der Waals surface area contributed by atoms with Crippen LogP contribution in [0.15, 0.2) is 72.8 Å². The summed E-state index contributed by atoms with van der Waals surface area (Å²) >= 11 is 1.26. The molecule has 0 unspecified atom stereocenters. The number of hydrogen-bond donors (Lipinski definition) is 0. The molecule has 0 N–H and O–H groups in total. The number of anilines is 1. The zero-order valence-corrected chi connectivity index (χ0v) is 22.8. The van der Waals surface area contributed by atoms with Gasteiger partial charge in [0.2, 0.25) is 11.8 Å². The Morgan fingerprint density at radius 1 is 1.00 bits per heavy atom. The van der Waals surface area contributed by atoms with E-state index < -0.39 is 16.9 Å². The zero-order chi connectivity index (χ0) is 27.8. The first-order valence-electron chi connectivity index (χ1n) is 13.3. The number of aromatic nitrogens is 2. The van der Waals surface area contributed by atoms with E-state index in [1.165, 1.54) is 28.8 Å². The zero-order valence-electron chi connectivity index (χ0n) is 22.0. The second-order valence-corrected chi connectivity index (χ2v) is 11.2. The summed E-state index contributed by atoms with van der Waals surface area (Å²) in [4.78, 5) is 30.4. The molecule has 204 valence electrons. The van der Waals surface area contributed by atoms with Gasteiger partial charge in [-0.2, -0.15) is 5.10 Å². The highest BCUT2D eigenvalue weighted by atomic mass is 32.2. The molecule has 1 saturated heterocycles. The fraction of sp³-hybridized carbons (Fsp3) is 0.258. The van der Waals surface area contributed by atoms with Crippen molar-refractivity contribution >= 4 is 29.4 Å². The number of aryl methyl sites for hydroxylation is 1. The summed E-state index contributed by atoms with van der Waals surface area (Å²) in [5.41, 5.74) is 4.00. The van der Waals surface area contributed by atoms with Crippen LogP contribution < -0.4 is 4.90 Å². The molecule has 0 saturated carbocycles.